The molecule has 0 fully saturated rings. The second kappa shape index (κ2) is 6.44. The lowest BCUT2D eigenvalue weighted by Crippen LogP contribution is -2.40. The number of alkyl halides is 1. The number of sulfonamides is 1. The summed E-state index contributed by atoms with van der Waals surface area (Å²) in [5.74, 6) is -0.735. The van der Waals surface area contributed by atoms with Gasteiger partial charge in [0.1, 0.15) is 0 Å². The molecule has 0 bridgehead atoms. The van der Waals surface area contributed by atoms with Crippen molar-refractivity contribution in [1.82, 2.24) is 4.31 Å². The van der Waals surface area contributed by atoms with Crippen LogP contribution in [0.25, 0.3) is 0 Å². The van der Waals surface area contributed by atoms with Crippen LogP contribution >= 0.6 is 15.9 Å². The molecule has 0 N–H and O–H groups in total. The van der Waals surface area contributed by atoms with Crippen molar-refractivity contribution >= 4 is 31.9 Å². The molecule has 0 amide bonds. The minimum Gasteiger partial charge on any atom is -0.468 e. The van der Waals surface area contributed by atoms with Crippen molar-refractivity contribution in [1.29, 1.82) is 0 Å². The van der Waals surface area contributed by atoms with E-state index in [1.54, 1.807) is 0 Å². The van der Waals surface area contributed by atoms with E-state index in [-0.39, 0.29) is 0 Å². The summed E-state index contributed by atoms with van der Waals surface area (Å²) in [5, 5.41) is -0.428. The van der Waals surface area contributed by atoms with Crippen molar-refractivity contribution in [3.63, 3.8) is 0 Å². The molecule has 0 spiro atoms. The molecule has 1 atom stereocenters. The Hall–Kier alpha value is -0.140. The number of carbonyl (C=O) groups is 1. The van der Waals surface area contributed by atoms with E-state index >= 15 is 0 Å². The second-order valence-corrected chi connectivity index (χ2v) is 6.23. The number of halogens is 1. The maximum atomic E-state index is 11.7. The Bertz CT molecular complexity index is 304. The van der Waals surface area contributed by atoms with E-state index in [9.17, 15) is 13.2 Å². The number of methoxy groups -OCH3 is 1. The van der Waals surface area contributed by atoms with Crippen molar-refractivity contribution in [2.75, 3.05) is 26.0 Å². The summed E-state index contributed by atoms with van der Waals surface area (Å²) in [5.41, 5.74) is 0. The van der Waals surface area contributed by atoms with Crippen LogP contribution in [0.5, 0.6) is 0 Å². The van der Waals surface area contributed by atoms with Crippen molar-refractivity contribution in [2.24, 2.45) is 0 Å². The molecule has 0 radical (unpaired) electrons. The Morgan fingerprint density at radius 1 is 1.53 bits per heavy atom. The molecule has 1 unspecified atom stereocenters. The third kappa shape index (κ3) is 4.08. The number of hydrogen-bond acceptors (Lipinski definition) is 4. The molecule has 0 aromatic heterocycles. The van der Waals surface area contributed by atoms with Crippen LogP contribution in [0.1, 0.15) is 13.3 Å². The van der Waals surface area contributed by atoms with E-state index in [2.05, 4.69) is 20.7 Å². The van der Waals surface area contributed by atoms with Crippen molar-refractivity contribution < 1.29 is 17.9 Å². The molecule has 7 heteroatoms. The average molecular weight is 302 g/mol. The first kappa shape index (κ1) is 14.9. The van der Waals surface area contributed by atoms with Gasteiger partial charge >= 0.3 is 5.97 Å². The zero-order chi connectivity index (χ0) is 12.1. The van der Waals surface area contributed by atoms with Crippen LogP contribution in [0.2, 0.25) is 0 Å². The van der Waals surface area contributed by atoms with Gasteiger partial charge < -0.3 is 4.74 Å². The molecular formula is C8H16BrNO4S. The van der Waals surface area contributed by atoms with E-state index < -0.39 is 21.2 Å². The number of rotatable bonds is 6. The Kier molecular flexibility index (Phi) is 6.38. The van der Waals surface area contributed by atoms with Crippen molar-refractivity contribution in [3.8, 4) is 0 Å². The Balaban J connectivity index is 4.59. The number of carbonyl (C=O) groups excluding carboxylic acids is 1. The monoisotopic (exact) mass is 301 g/mol. The highest BCUT2D eigenvalue weighted by molar-refractivity contribution is 9.09. The standard InChI is InChI=1S/C8H16BrNO4S/c1-7(8(11)14-3)15(12,13)10(2)6-4-5-9/h7H,4-6H2,1-3H3. The lowest BCUT2D eigenvalue weighted by Gasteiger charge is -2.19. The van der Waals surface area contributed by atoms with E-state index in [1.807, 2.05) is 0 Å². The topological polar surface area (TPSA) is 63.7 Å². The fourth-order valence-corrected chi connectivity index (χ4v) is 2.48. The summed E-state index contributed by atoms with van der Waals surface area (Å²) in [7, 11) is -0.955. The summed E-state index contributed by atoms with van der Waals surface area (Å²) < 4.78 is 29.1. The summed E-state index contributed by atoms with van der Waals surface area (Å²) in [6, 6.07) is 0. The van der Waals surface area contributed by atoms with Crippen LogP contribution in [-0.2, 0) is 19.6 Å². The van der Waals surface area contributed by atoms with Gasteiger partial charge in [0.25, 0.3) is 0 Å². The quantitative estimate of drug-likeness (QED) is 0.532. The third-order valence-corrected chi connectivity index (χ3v) is 4.72. The highest BCUT2D eigenvalue weighted by Gasteiger charge is 2.32. The SMILES string of the molecule is COC(=O)C(C)S(=O)(=O)N(C)CCCBr. The van der Waals surface area contributed by atoms with Gasteiger partial charge in [-0.05, 0) is 13.3 Å². The van der Waals surface area contributed by atoms with Gasteiger partial charge in [0, 0.05) is 18.9 Å². The van der Waals surface area contributed by atoms with Crippen molar-refractivity contribution in [2.45, 2.75) is 18.6 Å². The van der Waals surface area contributed by atoms with Gasteiger partial charge in [-0.15, -0.1) is 0 Å². The van der Waals surface area contributed by atoms with Crippen LogP contribution in [0.3, 0.4) is 0 Å². The third-order valence-electron chi connectivity index (χ3n) is 2.02. The maximum absolute atomic E-state index is 11.7. The van der Waals surface area contributed by atoms with E-state index in [4.69, 9.17) is 0 Å². The van der Waals surface area contributed by atoms with Gasteiger partial charge in [-0.25, -0.2) is 12.7 Å². The zero-order valence-corrected chi connectivity index (χ0v) is 11.5. The molecule has 15 heavy (non-hydrogen) atoms. The molecule has 0 heterocycles. The highest BCUT2D eigenvalue weighted by atomic mass is 79.9. The molecule has 0 saturated carbocycles. The summed E-state index contributed by atoms with van der Waals surface area (Å²) in [6.07, 6.45) is 0.698. The lowest BCUT2D eigenvalue weighted by atomic mass is 10.5. The van der Waals surface area contributed by atoms with Gasteiger partial charge in [0.05, 0.1) is 7.11 Å². The molecule has 0 aromatic carbocycles. The second-order valence-electron chi connectivity index (χ2n) is 3.07. The van der Waals surface area contributed by atoms with Gasteiger partial charge in [-0.1, -0.05) is 15.9 Å². The van der Waals surface area contributed by atoms with Gasteiger partial charge in [0.2, 0.25) is 10.0 Å². The van der Waals surface area contributed by atoms with Crippen molar-refractivity contribution in [3.05, 3.63) is 0 Å². The lowest BCUT2D eigenvalue weighted by molar-refractivity contribution is -0.139. The number of esters is 1. The summed E-state index contributed by atoms with van der Waals surface area (Å²) in [6.45, 7) is 1.71. The molecule has 5 nitrogen and oxygen atoms in total. The Labute approximate surface area is 99.0 Å². The van der Waals surface area contributed by atoms with Crippen LogP contribution < -0.4 is 0 Å². The van der Waals surface area contributed by atoms with Gasteiger partial charge in [0.15, 0.2) is 5.25 Å². The fraction of sp³-hybridized carbons (Fsp3) is 0.875. The average Bonchev–Trinajstić information content (AvgIpc) is 2.23. The minimum absolute atomic E-state index is 0.384. The molecular weight excluding hydrogens is 286 g/mol. The fourth-order valence-electron chi connectivity index (χ4n) is 0.967. The number of hydrogen-bond donors (Lipinski definition) is 0. The van der Waals surface area contributed by atoms with Gasteiger partial charge in [-0.3, -0.25) is 4.79 Å². The van der Waals surface area contributed by atoms with Crippen LogP contribution in [0.4, 0.5) is 0 Å². The smallest absolute Gasteiger partial charge is 0.325 e. The van der Waals surface area contributed by atoms with Crippen LogP contribution in [0, 0.1) is 0 Å². The van der Waals surface area contributed by atoms with Crippen LogP contribution in [0.15, 0.2) is 0 Å². The predicted octanol–water partition coefficient (Wildman–Crippen LogP) is 0.595. The highest BCUT2D eigenvalue weighted by Crippen LogP contribution is 2.09. The normalized spacial score (nSPS) is 13.9. The zero-order valence-electron chi connectivity index (χ0n) is 9.07. The van der Waals surface area contributed by atoms with Gasteiger partial charge in [-0.2, -0.15) is 0 Å². The Morgan fingerprint density at radius 2 is 2.07 bits per heavy atom. The summed E-state index contributed by atoms with van der Waals surface area (Å²) in [4.78, 5) is 11.1. The number of nitrogens with zero attached hydrogens (tertiary/aromatic N) is 1. The number of ether oxygens (including phenoxy) is 1. The first-order valence-corrected chi connectivity index (χ1v) is 7.09. The summed E-state index contributed by atoms with van der Waals surface area (Å²) >= 11 is 3.21. The van der Waals surface area contributed by atoms with Crippen LogP contribution in [-0.4, -0.2) is 50.0 Å². The predicted molar refractivity (Wildman–Crippen MR) is 61.4 cm³/mol. The van der Waals surface area contributed by atoms with E-state index in [0.29, 0.717) is 13.0 Å². The van der Waals surface area contributed by atoms with E-state index in [1.165, 1.54) is 25.4 Å². The molecule has 0 rings (SSSR count). The molecule has 0 aliphatic carbocycles. The molecule has 0 aromatic rings. The molecule has 0 aliphatic heterocycles. The maximum Gasteiger partial charge on any atom is 0.325 e. The molecule has 90 valence electrons. The Morgan fingerprint density at radius 3 is 2.47 bits per heavy atom. The molecule has 0 saturated heterocycles. The molecule has 0 aliphatic rings. The minimum atomic E-state index is -3.58. The van der Waals surface area contributed by atoms with E-state index in [0.717, 1.165) is 5.33 Å². The first-order chi connectivity index (χ1) is 6.87. The largest absolute Gasteiger partial charge is 0.468 e. The first-order valence-electron chi connectivity index (χ1n) is 4.46.